The van der Waals surface area contributed by atoms with Gasteiger partial charge in [-0.2, -0.15) is 0 Å². The molecule has 1 amide bonds. The molecule has 3 N–H and O–H groups in total. The minimum absolute atomic E-state index is 0.0998. The molecule has 1 atom stereocenters. The number of primary sulfonamides is 1. The molecule has 8 nitrogen and oxygen atoms in total. The fourth-order valence-corrected chi connectivity index (χ4v) is 3.27. The summed E-state index contributed by atoms with van der Waals surface area (Å²) in [6, 6.07) is 17.4. The van der Waals surface area contributed by atoms with Crippen molar-refractivity contribution in [3.8, 4) is 5.75 Å². The zero-order valence-electron chi connectivity index (χ0n) is 17.5. The van der Waals surface area contributed by atoms with Crippen LogP contribution < -0.4 is 15.2 Å². The fourth-order valence-electron chi connectivity index (χ4n) is 2.75. The van der Waals surface area contributed by atoms with E-state index in [4.69, 9.17) is 14.6 Å². The summed E-state index contributed by atoms with van der Waals surface area (Å²) in [5.74, 6) is -1.50. The quantitative estimate of drug-likeness (QED) is 0.485. The molecule has 3 aromatic carbocycles. The van der Waals surface area contributed by atoms with E-state index in [1.807, 2.05) is 0 Å². The Bertz CT molecular complexity index is 1240. The molecule has 0 aliphatic carbocycles. The van der Waals surface area contributed by atoms with Gasteiger partial charge >= 0.3 is 5.97 Å². The van der Waals surface area contributed by atoms with Gasteiger partial charge in [-0.3, -0.25) is 4.79 Å². The van der Waals surface area contributed by atoms with Crippen molar-refractivity contribution < 1.29 is 31.9 Å². The number of carbonyl (C=O) groups excluding carboxylic acids is 2. The van der Waals surface area contributed by atoms with Crippen molar-refractivity contribution in [2.75, 3.05) is 5.32 Å². The van der Waals surface area contributed by atoms with Gasteiger partial charge in [-0.25, -0.2) is 22.7 Å². The van der Waals surface area contributed by atoms with Gasteiger partial charge in [-0.05, 0) is 61.0 Å². The third kappa shape index (κ3) is 6.61. The molecule has 0 saturated heterocycles. The Morgan fingerprint density at radius 1 is 1.00 bits per heavy atom. The van der Waals surface area contributed by atoms with E-state index in [9.17, 15) is 22.4 Å². The minimum Gasteiger partial charge on any atom is -0.488 e. The number of benzene rings is 3. The van der Waals surface area contributed by atoms with E-state index in [0.717, 1.165) is 0 Å². The Morgan fingerprint density at radius 2 is 1.64 bits per heavy atom. The molecule has 10 heteroatoms. The number of halogens is 1. The third-order valence-electron chi connectivity index (χ3n) is 4.52. The second kappa shape index (κ2) is 10.2. The number of ether oxygens (including phenoxy) is 2. The lowest BCUT2D eigenvalue weighted by atomic mass is 10.2. The van der Waals surface area contributed by atoms with Crippen molar-refractivity contribution in [1.29, 1.82) is 0 Å². The van der Waals surface area contributed by atoms with Gasteiger partial charge in [0.15, 0.2) is 6.10 Å². The first-order chi connectivity index (χ1) is 15.6. The summed E-state index contributed by atoms with van der Waals surface area (Å²) in [4.78, 5) is 24.9. The molecule has 1 unspecified atom stereocenters. The Kier molecular flexibility index (Phi) is 7.41. The Balaban J connectivity index is 1.62. The van der Waals surface area contributed by atoms with E-state index in [1.54, 1.807) is 30.3 Å². The standard InChI is InChI=1S/C23H21FN2O6S/c1-15(22(27)26-18-10-12-19(13-11-18)33(25,29)30)32-23(28)20-4-2-3-5-21(20)31-14-16-6-8-17(24)9-7-16/h2-13,15H,14H2,1H3,(H,26,27)(H2,25,29,30). The molecule has 0 heterocycles. The van der Waals surface area contributed by atoms with Crippen LogP contribution in [-0.2, 0) is 26.2 Å². The second-order valence-corrected chi connectivity index (χ2v) is 8.58. The van der Waals surface area contributed by atoms with E-state index in [2.05, 4.69) is 5.32 Å². The maximum absolute atomic E-state index is 13.0. The smallest absolute Gasteiger partial charge is 0.342 e. The molecule has 3 aromatic rings. The molecule has 0 aromatic heterocycles. The maximum atomic E-state index is 13.0. The number of para-hydroxylation sites is 1. The summed E-state index contributed by atoms with van der Waals surface area (Å²) in [7, 11) is -3.85. The fraction of sp³-hybridized carbons (Fsp3) is 0.130. The predicted octanol–water partition coefficient (Wildman–Crippen LogP) is 3.24. The van der Waals surface area contributed by atoms with E-state index in [0.29, 0.717) is 11.3 Å². The van der Waals surface area contributed by atoms with Crippen molar-refractivity contribution in [1.82, 2.24) is 0 Å². The molecule has 33 heavy (non-hydrogen) atoms. The lowest BCUT2D eigenvalue weighted by Crippen LogP contribution is -2.30. The average molecular weight is 472 g/mol. The SMILES string of the molecule is CC(OC(=O)c1ccccc1OCc1ccc(F)cc1)C(=O)Nc1ccc(S(N)(=O)=O)cc1. The van der Waals surface area contributed by atoms with Gasteiger partial charge in [0.1, 0.15) is 23.7 Å². The zero-order chi connectivity index (χ0) is 24.0. The summed E-state index contributed by atoms with van der Waals surface area (Å²) in [5, 5.41) is 7.57. The number of esters is 1. The molecular formula is C23H21FN2O6S. The third-order valence-corrected chi connectivity index (χ3v) is 5.45. The minimum atomic E-state index is -3.85. The Morgan fingerprint density at radius 3 is 2.27 bits per heavy atom. The zero-order valence-corrected chi connectivity index (χ0v) is 18.3. The van der Waals surface area contributed by atoms with Crippen LogP contribution in [-0.4, -0.2) is 26.4 Å². The summed E-state index contributed by atoms with van der Waals surface area (Å²) in [6.07, 6.45) is -1.15. The summed E-state index contributed by atoms with van der Waals surface area (Å²) in [5.41, 5.74) is 1.14. The van der Waals surface area contributed by atoms with Gasteiger partial charge in [-0.1, -0.05) is 24.3 Å². The number of anilines is 1. The number of hydrogen-bond acceptors (Lipinski definition) is 6. The average Bonchev–Trinajstić information content (AvgIpc) is 2.78. The number of rotatable bonds is 8. The van der Waals surface area contributed by atoms with Crippen molar-refractivity contribution in [2.24, 2.45) is 5.14 Å². The number of carbonyl (C=O) groups is 2. The number of amides is 1. The van der Waals surface area contributed by atoms with Crippen molar-refractivity contribution in [3.05, 3.63) is 89.7 Å². The molecule has 3 rings (SSSR count). The molecule has 0 radical (unpaired) electrons. The van der Waals surface area contributed by atoms with Gasteiger partial charge in [0.2, 0.25) is 10.0 Å². The Hall–Kier alpha value is -3.76. The molecule has 0 bridgehead atoms. The van der Waals surface area contributed by atoms with Crippen LogP contribution in [0.1, 0.15) is 22.8 Å². The second-order valence-electron chi connectivity index (χ2n) is 7.02. The van der Waals surface area contributed by atoms with Gasteiger partial charge in [-0.15, -0.1) is 0 Å². The number of nitrogens with one attached hydrogen (secondary N) is 1. The van der Waals surface area contributed by atoms with Gasteiger partial charge < -0.3 is 14.8 Å². The van der Waals surface area contributed by atoms with Crippen molar-refractivity contribution in [2.45, 2.75) is 24.5 Å². The molecule has 0 spiro atoms. The van der Waals surface area contributed by atoms with E-state index >= 15 is 0 Å². The highest BCUT2D eigenvalue weighted by Gasteiger charge is 2.22. The van der Waals surface area contributed by atoms with Crippen LogP contribution in [0.2, 0.25) is 0 Å². The molecule has 0 aliphatic rings. The lowest BCUT2D eigenvalue weighted by molar-refractivity contribution is -0.123. The van der Waals surface area contributed by atoms with E-state index in [-0.39, 0.29) is 28.6 Å². The van der Waals surface area contributed by atoms with Gasteiger partial charge in [0, 0.05) is 5.69 Å². The molecular weight excluding hydrogens is 451 g/mol. The van der Waals surface area contributed by atoms with Crippen molar-refractivity contribution >= 4 is 27.6 Å². The first-order valence-corrected chi connectivity index (χ1v) is 11.3. The van der Waals surface area contributed by atoms with Crippen LogP contribution in [0.25, 0.3) is 0 Å². The van der Waals surface area contributed by atoms with Crippen LogP contribution >= 0.6 is 0 Å². The van der Waals surface area contributed by atoms with Crippen molar-refractivity contribution in [3.63, 3.8) is 0 Å². The first-order valence-electron chi connectivity index (χ1n) is 9.74. The van der Waals surface area contributed by atoms with Crippen LogP contribution in [0.3, 0.4) is 0 Å². The maximum Gasteiger partial charge on any atom is 0.342 e. The number of hydrogen-bond donors (Lipinski definition) is 2. The molecule has 0 saturated carbocycles. The molecule has 0 aliphatic heterocycles. The van der Waals surface area contributed by atoms with E-state index < -0.39 is 28.0 Å². The lowest BCUT2D eigenvalue weighted by Gasteiger charge is -2.15. The monoisotopic (exact) mass is 472 g/mol. The largest absolute Gasteiger partial charge is 0.488 e. The highest BCUT2D eigenvalue weighted by molar-refractivity contribution is 7.89. The normalized spacial score (nSPS) is 12.0. The van der Waals surface area contributed by atoms with Crippen LogP contribution in [0, 0.1) is 5.82 Å². The van der Waals surface area contributed by atoms with E-state index in [1.165, 1.54) is 49.4 Å². The first kappa shape index (κ1) is 23.9. The van der Waals surface area contributed by atoms with Crippen LogP contribution in [0.4, 0.5) is 10.1 Å². The number of sulfonamides is 1. The number of nitrogens with two attached hydrogens (primary N) is 1. The van der Waals surface area contributed by atoms with Gasteiger partial charge in [0.25, 0.3) is 5.91 Å². The molecule has 172 valence electrons. The summed E-state index contributed by atoms with van der Waals surface area (Å²) in [6.45, 7) is 1.50. The highest BCUT2D eigenvalue weighted by Crippen LogP contribution is 2.21. The summed E-state index contributed by atoms with van der Waals surface area (Å²) < 4.78 is 46.6. The summed E-state index contributed by atoms with van der Waals surface area (Å²) >= 11 is 0. The van der Waals surface area contributed by atoms with Crippen LogP contribution in [0.5, 0.6) is 5.75 Å². The highest BCUT2D eigenvalue weighted by atomic mass is 32.2. The van der Waals surface area contributed by atoms with Crippen LogP contribution in [0.15, 0.2) is 77.7 Å². The van der Waals surface area contributed by atoms with Gasteiger partial charge in [0.05, 0.1) is 4.90 Å². The topological polar surface area (TPSA) is 125 Å². The Labute approximate surface area is 190 Å². The molecule has 0 fully saturated rings. The predicted molar refractivity (Wildman–Crippen MR) is 118 cm³/mol.